The van der Waals surface area contributed by atoms with Crippen LogP contribution in [0.4, 0.5) is 0 Å². The van der Waals surface area contributed by atoms with Gasteiger partial charge in [0.25, 0.3) is 0 Å². The molecule has 0 aromatic carbocycles. The van der Waals surface area contributed by atoms with Gasteiger partial charge in [0, 0.05) is 25.2 Å². The molecule has 0 aromatic heterocycles. The highest BCUT2D eigenvalue weighted by Gasteiger charge is 2.20. The average molecular weight is 199 g/mol. The van der Waals surface area contributed by atoms with Crippen molar-refractivity contribution in [2.75, 3.05) is 40.8 Å². The fourth-order valence-corrected chi connectivity index (χ4v) is 1.99. The topological polar surface area (TPSA) is 18.5 Å². The van der Waals surface area contributed by atoms with Gasteiger partial charge in [-0.3, -0.25) is 0 Å². The number of rotatable bonds is 4. The summed E-state index contributed by atoms with van der Waals surface area (Å²) in [7, 11) is 6.39. The molecule has 14 heavy (non-hydrogen) atoms. The van der Waals surface area contributed by atoms with Crippen LogP contribution in [0.15, 0.2) is 0 Å². The summed E-state index contributed by atoms with van der Waals surface area (Å²) in [6, 6.07) is 1.36. The molecule has 0 amide bonds. The molecule has 1 saturated heterocycles. The van der Waals surface area contributed by atoms with Gasteiger partial charge >= 0.3 is 0 Å². The molecular formula is C11H25N3. The van der Waals surface area contributed by atoms with Gasteiger partial charge in [-0.1, -0.05) is 0 Å². The minimum absolute atomic E-state index is 0.658. The van der Waals surface area contributed by atoms with Crippen molar-refractivity contribution in [2.24, 2.45) is 0 Å². The fraction of sp³-hybridized carbons (Fsp3) is 1.00. The quantitative estimate of drug-likeness (QED) is 0.716. The highest BCUT2D eigenvalue weighted by atomic mass is 15.2. The van der Waals surface area contributed by atoms with E-state index in [0.717, 1.165) is 0 Å². The molecule has 3 nitrogen and oxygen atoms in total. The Morgan fingerprint density at radius 1 is 1.50 bits per heavy atom. The van der Waals surface area contributed by atoms with E-state index in [1.807, 2.05) is 0 Å². The lowest BCUT2D eigenvalue weighted by Crippen LogP contribution is -2.48. The van der Waals surface area contributed by atoms with Crippen molar-refractivity contribution in [2.45, 2.75) is 31.8 Å². The molecule has 84 valence electrons. The molecule has 0 bridgehead atoms. The number of nitrogens with zero attached hydrogens (tertiary/aromatic N) is 2. The zero-order valence-electron chi connectivity index (χ0n) is 10.1. The first kappa shape index (κ1) is 12.0. The van der Waals surface area contributed by atoms with Crippen LogP contribution in [-0.4, -0.2) is 62.7 Å². The monoisotopic (exact) mass is 199 g/mol. The van der Waals surface area contributed by atoms with E-state index in [9.17, 15) is 0 Å². The molecule has 0 radical (unpaired) electrons. The van der Waals surface area contributed by atoms with E-state index >= 15 is 0 Å². The minimum Gasteiger partial charge on any atom is -0.316 e. The van der Waals surface area contributed by atoms with Gasteiger partial charge in [0.2, 0.25) is 0 Å². The minimum atomic E-state index is 0.658. The SMILES string of the molecule is CNC1CCCN(CC(C)N(C)C)C1. The van der Waals surface area contributed by atoms with Crippen molar-refractivity contribution in [1.82, 2.24) is 15.1 Å². The first-order valence-corrected chi connectivity index (χ1v) is 5.69. The molecule has 1 rings (SSSR count). The molecule has 1 heterocycles. The second-order valence-electron chi connectivity index (χ2n) is 4.70. The van der Waals surface area contributed by atoms with Crippen molar-refractivity contribution in [3.63, 3.8) is 0 Å². The second kappa shape index (κ2) is 5.69. The summed E-state index contributed by atoms with van der Waals surface area (Å²) in [5, 5.41) is 3.38. The molecule has 0 spiro atoms. The van der Waals surface area contributed by atoms with Crippen LogP contribution >= 0.6 is 0 Å². The Morgan fingerprint density at radius 3 is 2.79 bits per heavy atom. The van der Waals surface area contributed by atoms with Gasteiger partial charge in [0.15, 0.2) is 0 Å². The van der Waals surface area contributed by atoms with Crippen molar-refractivity contribution < 1.29 is 0 Å². The van der Waals surface area contributed by atoms with Crippen molar-refractivity contribution in [3.8, 4) is 0 Å². The summed E-state index contributed by atoms with van der Waals surface area (Å²) in [6.45, 7) is 5.99. The van der Waals surface area contributed by atoms with E-state index in [2.05, 4.69) is 43.2 Å². The molecule has 0 aliphatic carbocycles. The Kier molecular flexibility index (Phi) is 4.85. The molecule has 3 heteroatoms. The summed E-state index contributed by atoms with van der Waals surface area (Å²) in [4.78, 5) is 4.87. The summed E-state index contributed by atoms with van der Waals surface area (Å²) >= 11 is 0. The van der Waals surface area contributed by atoms with Crippen LogP contribution in [0.2, 0.25) is 0 Å². The number of likely N-dealkylation sites (tertiary alicyclic amines) is 1. The third-order valence-electron chi connectivity index (χ3n) is 3.32. The van der Waals surface area contributed by atoms with Gasteiger partial charge in [-0.25, -0.2) is 0 Å². The summed E-state index contributed by atoms with van der Waals surface area (Å²) in [6.07, 6.45) is 2.68. The lowest BCUT2D eigenvalue weighted by molar-refractivity contribution is 0.150. The molecule has 0 saturated carbocycles. The third kappa shape index (κ3) is 3.56. The Balaban J connectivity index is 2.30. The van der Waals surface area contributed by atoms with Crippen molar-refractivity contribution in [1.29, 1.82) is 0 Å². The highest BCUT2D eigenvalue weighted by Crippen LogP contribution is 2.10. The van der Waals surface area contributed by atoms with E-state index in [-0.39, 0.29) is 0 Å². The Hall–Kier alpha value is -0.120. The summed E-state index contributed by atoms with van der Waals surface area (Å²) in [5.41, 5.74) is 0. The van der Waals surface area contributed by atoms with E-state index in [1.165, 1.54) is 32.5 Å². The molecular weight excluding hydrogens is 174 g/mol. The predicted molar refractivity (Wildman–Crippen MR) is 61.7 cm³/mol. The van der Waals surface area contributed by atoms with E-state index in [4.69, 9.17) is 0 Å². The maximum Gasteiger partial charge on any atom is 0.0192 e. The molecule has 0 aromatic rings. The van der Waals surface area contributed by atoms with Crippen molar-refractivity contribution in [3.05, 3.63) is 0 Å². The van der Waals surface area contributed by atoms with Gasteiger partial charge in [-0.2, -0.15) is 0 Å². The molecule has 1 fully saturated rings. The number of hydrogen-bond acceptors (Lipinski definition) is 3. The Labute approximate surface area is 88.5 Å². The maximum atomic E-state index is 3.38. The molecule has 1 aliphatic heterocycles. The Bertz CT molecular complexity index is 159. The fourth-order valence-electron chi connectivity index (χ4n) is 1.99. The normalized spacial score (nSPS) is 26.8. The predicted octanol–water partition coefficient (Wildman–Crippen LogP) is 0.620. The van der Waals surface area contributed by atoms with Crippen LogP contribution in [0.25, 0.3) is 0 Å². The van der Waals surface area contributed by atoms with Gasteiger partial charge < -0.3 is 15.1 Å². The second-order valence-corrected chi connectivity index (χ2v) is 4.70. The van der Waals surface area contributed by atoms with Crippen LogP contribution in [-0.2, 0) is 0 Å². The third-order valence-corrected chi connectivity index (χ3v) is 3.32. The van der Waals surface area contributed by atoms with Crippen LogP contribution in [0.5, 0.6) is 0 Å². The largest absolute Gasteiger partial charge is 0.316 e. The first-order chi connectivity index (χ1) is 6.63. The molecule has 2 atom stereocenters. The number of likely N-dealkylation sites (N-methyl/N-ethyl adjacent to an activating group) is 2. The molecule has 2 unspecified atom stereocenters. The Morgan fingerprint density at radius 2 is 2.21 bits per heavy atom. The van der Waals surface area contributed by atoms with E-state index < -0.39 is 0 Å². The standard InChI is InChI=1S/C11H25N3/c1-10(13(3)4)8-14-7-5-6-11(9-14)12-2/h10-12H,5-9H2,1-4H3. The lowest BCUT2D eigenvalue weighted by Gasteiger charge is -2.35. The number of nitrogens with one attached hydrogen (secondary N) is 1. The summed E-state index contributed by atoms with van der Waals surface area (Å²) < 4.78 is 0. The first-order valence-electron chi connectivity index (χ1n) is 5.69. The number of piperidine rings is 1. The maximum absolute atomic E-state index is 3.38. The van der Waals surface area contributed by atoms with Crippen LogP contribution < -0.4 is 5.32 Å². The van der Waals surface area contributed by atoms with Crippen LogP contribution in [0.3, 0.4) is 0 Å². The van der Waals surface area contributed by atoms with E-state index in [0.29, 0.717) is 12.1 Å². The zero-order chi connectivity index (χ0) is 10.6. The van der Waals surface area contributed by atoms with Crippen LogP contribution in [0, 0.1) is 0 Å². The smallest absolute Gasteiger partial charge is 0.0192 e. The van der Waals surface area contributed by atoms with Gasteiger partial charge in [-0.05, 0) is 47.5 Å². The highest BCUT2D eigenvalue weighted by molar-refractivity contribution is 4.79. The molecule has 1 aliphatic rings. The van der Waals surface area contributed by atoms with E-state index in [1.54, 1.807) is 0 Å². The van der Waals surface area contributed by atoms with Gasteiger partial charge in [0.1, 0.15) is 0 Å². The lowest BCUT2D eigenvalue weighted by atomic mass is 10.1. The van der Waals surface area contributed by atoms with Crippen LogP contribution in [0.1, 0.15) is 19.8 Å². The van der Waals surface area contributed by atoms with Gasteiger partial charge in [-0.15, -0.1) is 0 Å². The van der Waals surface area contributed by atoms with Gasteiger partial charge in [0.05, 0.1) is 0 Å². The number of hydrogen-bond donors (Lipinski definition) is 1. The van der Waals surface area contributed by atoms with Crippen molar-refractivity contribution >= 4 is 0 Å². The summed E-state index contributed by atoms with van der Waals surface area (Å²) in [5.74, 6) is 0. The average Bonchev–Trinajstić information content (AvgIpc) is 2.18. The molecule has 1 N–H and O–H groups in total. The zero-order valence-corrected chi connectivity index (χ0v) is 10.1.